The fourth-order valence-corrected chi connectivity index (χ4v) is 1.61. The lowest BCUT2D eigenvalue weighted by atomic mass is 10.0. The highest BCUT2D eigenvalue weighted by Crippen LogP contribution is 2.22. The van der Waals surface area contributed by atoms with Gasteiger partial charge in [-0.2, -0.15) is 0 Å². The molecule has 84 valence electrons. The Bertz CT molecular complexity index is 567. The van der Waals surface area contributed by atoms with Crippen LogP contribution in [0.25, 0.3) is 5.57 Å². The second-order valence-electron chi connectivity index (χ2n) is 3.41. The van der Waals surface area contributed by atoms with Crippen molar-refractivity contribution < 1.29 is 4.79 Å². The van der Waals surface area contributed by atoms with Crippen LogP contribution in [0.2, 0.25) is 5.28 Å². The summed E-state index contributed by atoms with van der Waals surface area (Å²) in [5.41, 5.74) is 2.39. The molecule has 0 aliphatic heterocycles. The minimum absolute atomic E-state index is 0.0997. The van der Waals surface area contributed by atoms with E-state index in [2.05, 4.69) is 16.5 Å². The minimum atomic E-state index is 0.0997. The third-order valence-electron chi connectivity index (χ3n) is 2.32. The number of benzene rings is 1. The molecular weight excluding hydrogens is 236 g/mol. The molecule has 0 radical (unpaired) electrons. The van der Waals surface area contributed by atoms with Crippen LogP contribution in [0, 0.1) is 0 Å². The van der Waals surface area contributed by atoms with Gasteiger partial charge in [-0.1, -0.05) is 36.9 Å². The van der Waals surface area contributed by atoms with Crippen LogP contribution in [-0.2, 0) is 0 Å². The molecule has 2 aromatic rings. The van der Waals surface area contributed by atoms with Crippen molar-refractivity contribution in [3.8, 4) is 0 Å². The molecule has 0 bridgehead atoms. The highest BCUT2D eigenvalue weighted by atomic mass is 35.5. The number of hydrogen-bond acceptors (Lipinski definition) is 3. The lowest BCUT2D eigenvalue weighted by Crippen LogP contribution is -1.99. The molecule has 1 aromatic carbocycles. The summed E-state index contributed by atoms with van der Waals surface area (Å²) in [4.78, 5) is 18.7. The van der Waals surface area contributed by atoms with E-state index in [9.17, 15) is 4.79 Å². The van der Waals surface area contributed by atoms with Gasteiger partial charge < -0.3 is 0 Å². The van der Waals surface area contributed by atoms with Crippen molar-refractivity contribution in [1.29, 1.82) is 0 Å². The highest BCUT2D eigenvalue weighted by Gasteiger charge is 2.10. The molecule has 0 unspecified atom stereocenters. The van der Waals surface area contributed by atoms with Crippen molar-refractivity contribution >= 4 is 23.5 Å². The van der Waals surface area contributed by atoms with Crippen molar-refractivity contribution in [3.63, 3.8) is 0 Å². The first-order valence-corrected chi connectivity index (χ1v) is 5.32. The summed E-state index contributed by atoms with van der Waals surface area (Å²) in [6.45, 7) is 3.94. The van der Waals surface area contributed by atoms with Crippen LogP contribution in [0.15, 0.2) is 43.1 Å². The summed E-state index contributed by atoms with van der Waals surface area (Å²) in [6.07, 6.45) is 2.09. The van der Waals surface area contributed by atoms with Gasteiger partial charge in [0.2, 0.25) is 5.28 Å². The Balaban J connectivity index is 2.50. The van der Waals surface area contributed by atoms with E-state index in [0.29, 0.717) is 23.1 Å². The van der Waals surface area contributed by atoms with Gasteiger partial charge >= 0.3 is 0 Å². The monoisotopic (exact) mass is 244 g/mol. The second kappa shape index (κ2) is 4.89. The maximum atomic E-state index is 10.9. The maximum Gasteiger partial charge on any atom is 0.222 e. The number of hydrogen-bond donors (Lipinski definition) is 0. The molecule has 0 atom stereocenters. The third kappa shape index (κ3) is 2.40. The molecule has 17 heavy (non-hydrogen) atoms. The minimum Gasteiger partial charge on any atom is -0.298 e. The molecule has 1 heterocycles. The SMILES string of the molecule is C=C(c1ccccc1)c1nc(Cl)ncc1C=O. The number of nitrogens with zero attached hydrogens (tertiary/aromatic N) is 2. The predicted molar refractivity (Wildman–Crippen MR) is 67.0 cm³/mol. The predicted octanol–water partition coefficient (Wildman–Crippen LogP) is 3.00. The zero-order valence-electron chi connectivity index (χ0n) is 8.93. The van der Waals surface area contributed by atoms with Gasteiger partial charge in [0, 0.05) is 11.8 Å². The van der Waals surface area contributed by atoms with Crippen molar-refractivity contribution in [2.75, 3.05) is 0 Å². The van der Waals surface area contributed by atoms with Gasteiger partial charge in [-0.25, -0.2) is 9.97 Å². The molecule has 0 aliphatic carbocycles. The van der Waals surface area contributed by atoms with Crippen LogP contribution in [-0.4, -0.2) is 16.3 Å². The Kier molecular flexibility index (Phi) is 3.30. The van der Waals surface area contributed by atoms with E-state index in [1.807, 2.05) is 30.3 Å². The summed E-state index contributed by atoms with van der Waals surface area (Å²) in [7, 11) is 0. The first-order chi connectivity index (χ1) is 8.22. The summed E-state index contributed by atoms with van der Waals surface area (Å²) in [5, 5.41) is 0.0997. The summed E-state index contributed by atoms with van der Waals surface area (Å²) >= 11 is 5.73. The van der Waals surface area contributed by atoms with E-state index in [1.165, 1.54) is 6.20 Å². The topological polar surface area (TPSA) is 42.9 Å². The van der Waals surface area contributed by atoms with Crippen LogP contribution >= 0.6 is 11.6 Å². The Morgan fingerprint density at radius 1 is 1.29 bits per heavy atom. The Morgan fingerprint density at radius 3 is 2.65 bits per heavy atom. The number of halogens is 1. The van der Waals surface area contributed by atoms with Crippen LogP contribution in [0.1, 0.15) is 21.6 Å². The first kappa shape index (κ1) is 11.5. The van der Waals surface area contributed by atoms with E-state index in [1.54, 1.807) is 0 Å². The van der Waals surface area contributed by atoms with Gasteiger partial charge in [-0.15, -0.1) is 0 Å². The van der Waals surface area contributed by atoms with Crippen LogP contribution in [0.5, 0.6) is 0 Å². The number of aromatic nitrogens is 2. The van der Waals surface area contributed by atoms with E-state index in [0.717, 1.165) is 5.56 Å². The molecular formula is C13H9ClN2O. The Labute approximate surface area is 104 Å². The third-order valence-corrected chi connectivity index (χ3v) is 2.50. The van der Waals surface area contributed by atoms with Gasteiger partial charge in [0.05, 0.1) is 11.3 Å². The van der Waals surface area contributed by atoms with Crippen LogP contribution in [0.3, 0.4) is 0 Å². The van der Waals surface area contributed by atoms with Gasteiger partial charge in [0.1, 0.15) is 0 Å². The second-order valence-corrected chi connectivity index (χ2v) is 3.74. The van der Waals surface area contributed by atoms with E-state index < -0.39 is 0 Å². The number of carbonyl (C=O) groups excluding carboxylic acids is 1. The van der Waals surface area contributed by atoms with Crippen molar-refractivity contribution in [1.82, 2.24) is 9.97 Å². The summed E-state index contributed by atoms with van der Waals surface area (Å²) < 4.78 is 0. The Morgan fingerprint density at radius 2 is 2.00 bits per heavy atom. The molecule has 0 fully saturated rings. The lowest BCUT2D eigenvalue weighted by Gasteiger charge is -2.07. The van der Waals surface area contributed by atoms with Crippen LogP contribution < -0.4 is 0 Å². The van der Waals surface area contributed by atoms with Crippen molar-refractivity contribution in [3.05, 3.63) is 65.2 Å². The quantitative estimate of drug-likeness (QED) is 0.616. The molecule has 0 amide bonds. The molecule has 0 saturated heterocycles. The fourth-order valence-electron chi connectivity index (χ4n) is 1.47. The van der Waals surface area contributed by atoms with Crippen molar-refractivity contribution in [2.24, 2.45) is 0 Å². The highest BCUT2D eigenvalue weighted by molar-refractivity contribution is 6.28. The average molecular weight is 245 g/mol. The number of rotatable bonds is 3. The summed E-state index contributed by atoms with van der Waals surface area (Å²) in [5.74, 6) is 0. The molecule has 0 aliphatic rings. The first-order valence-electron chi connectivity index (χ1n) is 4.95. The Hall–Kier alpha value is -2.00. The van der Waals surface area contributed by atoms with E-state index in [-0.39, 0.29) is 5.28 Å². The van der Waals surface area contributed by atoms with Gasteiger partial charge in [0.15, 0.2) is 6.29 Å². The molecule has 0 spiro atoms. The number of aldehydes is 1. The van der Waals surface area contributed by atoms with Crippen molar-refractivity contribution in [2.45, 2.75) is 0 Å². The molecule has 4 heteroatoms. The molecule has 3 nitrogen and oxygen atoms in total. The lowest BCUT2D eigenvalue weighted by molar-refractivity contribution is 0.112. The largest absolute Gasteiger partial charge is 0.298 e. The molecule has 2 rings (SSSR count). The van der Waals surface area contributed by atoms with E-state index in [4.69, 9.17) is 11.6 Å². The van der Waals surface area contributed by atoms with Gasteiger partial charge in [0.25, 0.3) is 0 Å². The summed E-state index contributed by atoms with van der Waals surface area (Å²) in [6, 6.07) is 9.48. The number of carbonyl (C=O) groups is 1. The average Bonchev–Trinajstić information content (AvgIpc) is 2.39. The zero-order valence-corrected chi connectivity index (χ0v) is 9.69. The smallest absolute Gasteiger partial charge is 0.222 e. The standard InChI is InChI=1S/C13H9ClN2O/c1-9(10-5-3-2-4-6-10)12-11(8-17)7-15-13(14)16-12/h2-8H,1H2. The van der Waals surface area contributed by atoms with E-state index >= 15 is 0 Å². The molecule has 0 saturated carbocycles. The zero-order chi connectivity index (χ0) is 12.3. The fraction of sp³-hybridized carbons (Fsp3) is 0. The normalized spacial score (nSPS) is 9.94. The van der Waals surface area contributed by atoms with Crippen LogP contribution in [0.4, 0.5) is 0 Å². The van der Waals surface area contributed by atoms with Gasteiger partial charge in [-0.3, -0.25) is 4.79 Å². The van der Waals surface area contributed by atoms with Gasteiger partial charge in [-0.05, 0) is 17.2 Å². The molecule has 0 N–H and O–H groups in total. The maximum absolute atomic E-state index is 10.9. The molecule has 1 aromatic heterocycles.